The zero-order valence-corrected chi connectivity index (χ0v) is 11.8. The van der Waals surface area contributed by atoms with Gasteiger partial charge in [-0.1, -0.05) is 62.2 Å². The highest BCUT2D eigenvalue weighted by molar-refractivity contribution is 5.82. The lowest BCUT2D eigenvalue weighted by atomic mass is 10.0. The Kier molecular flexibility index (Phi) is 7.33. The lowest BCUT2D eigenvalue weighted by molar-refractivity contribution is -0.134. The molecule has 0 aliphatic rings. The molecule has 0 heterocycles. The van der Waals surface area contributed by atoms with E-state index in [1.807, 2.05) is 24.3 Å². The maximum atomic E-state index is 11.2. The van der Waals surface area contributed by atoms with Gasteiger partial charge in [0, 0.05) is 6.08 Å². The number of hydrogen-bond acceptors (Lipinski definition) is 2. The lowest BCUT2D eigenvalue weighted by Gasteiger charge is -2.02. The Balaban J connectivity index is 2.76. The van der Waals surface area contributed by atoms with Crippen molar-refractivity contribution in [2.75, 3.05) is 7.11 Å². The van der Waals surface area contributed by atoms with Crippen molar-refractivity contribution in [3.63, 3.8) is 0 Å². The van der Waals surface area contributed by atoms with Crippen LogP contribution in [0.1, 0.15) is 38.2 Å². The average molecular weight is 258 g/mol. The van der Waals surface area contributed by atoms with E-state index in [9.17, 15) is 4.79 Å². The van der Waals surface area contributed by atoms with Gasteiger partial charge in [0.2, 0.25) is 0 Å². The van der Waals surface area contributed by atoms with Gasteiger partial charge in [0.15, 0.2) is 0 Å². The molecule has 0 aliphatic carbocycles. The second kappa shape index (κ2) is 9.15. The highest BCUT2D eigenvalue weighted by Crippen LogP contribution is 2.15. The fourth-order valence-electron chi connectivity index (χ4n) is 1.79. The van der Waals surface area contributed by atoms with E-state index >= 15 is 0 Å². The van der Waals surface area contributed by atoms with E-state index in [1.54, 1.807) is 0 Å². The van der Waals surface area contributed by atoms with Gasteiger partial charge < -0.3 is 4.74 Å². The normalized spacial score (nSPS) is 11.8. The molecule has 2 heteroatoms. The molecular formula is C17H22O2. The Hall–Kier alpha value is -1.83. The van der Waals surface area contributed by atoms with Crippen molar-refractivity contribution in [1.82, 2.24) is 0 Å². The topological polar surface area (TPSA) is 26.3 Å². The van der Waals surface area contributed by atoms with Crippen molar-refractivity contribution in [2.45, 2.75) is 32.6 Å². The summed E-state index contributed by atoms with van der Waals surface area (Å²) in [6.45, 7) is 2.19. The van der Waals surface area contributed by atoms with Crippen molar-refractivity contribution in [1.29, 1.82) is 0 Å². The van der Waals surface area contributed by atoms with Gasteiger partial charge >= 0.3 is 5.97 Å². The summed E-state index contributed by atoms with van der Waals surface area (Å²) < 4.78 is 4.62. The van der Waals surface area contributed by atoms with E-state index in [-0.39, 0.29) is 5.97 Å². The van der Waals surface area contributed by atoms with E-state index in [0.29, 0.717) is 0 Å². The SMILES string of the molecule is CCCCCC(/C=C/C(=O)OC)=C\c1ccccc1. The first kappa shape index (κ1) is 15.2. The number of methoxy groups -OCH3 is 1. The summed E-state index contributed by atoms with van der Waals surface area (Å²) in [6, 6.07) is 10.1. The van der Waals surface area contributed by atoms with Crippen LogP contribution in [-0.2, 0) is 9.53 Å². The summed E-state index contributed by atoms with van der Waals surface area (Å²) >= 11 is 0. The highest BCUT2D eigenvalue weighted by Gasteiger charge is 1.97. The van der Waals surface area contributed by atoms with Gasteiger partial charge in [-0.05, 0) is 24.0 Å². The van der Waals surface area contributed by atoms with Crippen LogP contribution in [0.25, 0.3) is 6.08 Å². The molecule has 0 radical (unpaired) electrons. The van der Waals surface area contributed by atoms with Gasteiger partial charge in [-0.25, -0.2) is 4.79 Å². The van der Waals surface area contributed by atoms with Crippen LogP contribution >= 0.6 is 0 Å². The smallest absolute Gasteiger partial charge is 0.330 e. The molecule has 0 aromatic heterocycles. The molecule has 0 unspecified atom stereocenters. The van der Waals surface area contributed by atoms with E-state index in [4.69, 9.17) is 0 Å². The summed E-state index contributed by atoms with van der Waals surface area (Å²) in [5.41, 5.74) is 2.31. The van der Waals surface area contributed by atoms with Crippen LogP contribution in [0, 0.1) is 0 Å². The maximum absolute atomic E-state index is 11.2. The van der Waals surface area contributed by atoms with Crippen LogP contribution in [0.4, 0.5) is 0 Å². The standard InChI is InChI=1S/C17H22O2/c1-3-4-6-9-16(12-13-17(18)19-2)14-15-10-7-5-8-11-15/h5,7-8,10-14H,3-4,6,9H2,1-2H3/b13-12+,16-14+. The molecule has 0 atom stereocenters. The molecule has 102 valence electrons. The van der Waals surface area contributed by atoms with Gasteiger partial charge in [-0.3, -0.25) is 0 Å². The number of esters is 1. The minimum Gasteiger partial charge on any atom is -0.466 e. The molecule has 0 fully saturated rings. The first-order valence-corrected chi connectivity index (χ1v) is 6.78. The van der Waals surface area contributed by atoms with E-state index in [0.717, 1.165) is 24.0 Å². The van der Waals surface area contributed by atoms with Crippen LogP contribution < -0.4 is 0 Å². The van der Waals surface area contributed by atoms with Crippen molar-refractivity contribution in [2.24, 2.45) is 0 Å². The largest absolute Gasteiger partial charge is 0.466 e. The zero-order chi connectivity index (χ0) is 13.9. The monoisotopic (exact) mass is 258 g/mol. The van der Waals surface area contributed by atoms with Crippen LogP contribution in [0.2, 0.25) is 0 Å². The summed E-state index contributed by atoms with van der Waals surface area (Å²) in [5, 5.41) is 0. The van der Waals surface area contributed by atoms with Crippen LogP contribution in [0.15, 0.2) is 48.1 Å². The molecule has 2 nitrogen and oxygen atoms in total. The molecule has 0 aliphatic heterocycles. The van der Waals surface area contributed by atoms with Gasteiger partial charge in [0.1, 0.15) is 0 Å². The van der Waals surface area contributed by atoms with Crippen molar-refractivity contribution < 1.29 is 9.53 Å². The summed E-state index contributed by atoms with van der Waals surface area (Å²) in [5.74, 6) is -0.311. The number of ether oxygens (including phenoxy) is 1. The Labute approximate surface area is 115 Å². The first-order valence-electron chi connectivity index (χ1n) is 6.78. The highest BCUT2D eigenvalue weighted by atomic mass is 16.5. The number of carbonyl (C=O) groups is 1. The average Bonchev–Trinajstić information content (AvgIpc) is 2.45. The lowest BCUT2D eigenvalue weighted by Crippen LogP contribution is -1.94. The second-order valence-electron chi connectivity index (χ2n) is 4.44. The summed E-state index contributed by atoms with van der Waals surface area (Å²) in [4.78, 5) is 11.2. The van der Waals surface area contributed by atoms with Gasteiger partial charge in [-0.15, -0.1) is 0 Å². The number of unbranched alkanes of at least 4 members (excludes halogenated alkanes) is 2. The van der Waals surface area contributed by atoms with Gasteiger partial charge in [0.05, 0.1) is 7.11 Å². The molecule has 0 saturated carbocycles. The minimum absolute atomic E-state index is 0.311. The van der Waals surface area contributed by atoms with Crippen molar-refractivity contribution >= 4 is 12.0 Å². The fourth-order valence-corrected chi connectivity index (χ4v) is 1.79. The molecule has 0 spiro atoms. The molecule has 1 aromatic rings. The minimum atomic E-state index is -0.311. The number of rotatable bonds is 7. The second-order valence-corrected chi connectivity index (χ2v) is 4.44. The zero-order valence-electron chi connectivity index (χ0n) is 11.8. The van der Waals surface area contributed by atoms with E-state index in [1.165, 1.54) is 26.0 Å². The quantitative estimate of drug-likeness (QED) is 0.314. The molecule has 19 heavy (non-hydrogen) atoms. The van der Waals surface area contributed by atoms with Crippen molar-refractivity contribution in [3.8, 4) is 0 Å². The summed E-state index contributed by atoms with van der Waals surface area (Å²) in [7, 11) is 1.39. The Morgan fingerprint density at radius 1 is 1.16 bits per heavy atom. The van der Waals surface area contributed by atoms with Gasteiger partial charge in [-0.2, -0.15) is 0 Å². The number of benzene rings is 1. The number of hydrogen-bond donors (Lipinski definition) is 0. The number of allylic oxidation sites excluding steroid dienone is 2. The summed E-state index contributed by atoms with van der Waals surface area (Å²) in [6.07, 6.45) is 9.98. The molecular weight excluding hydrogens is 236 g/mol. The molecule has 0 saturated heterocycles. The Morgan fingerprint density at radius 3 is 2.53 bits per heavy atom. The Morgan fingerprint density at radius 2 is 1.89 bits per heavy atom. The van der Waals surface area contributed by atoms with E-state index in [2.05, 4.69) is 29.9 Å². The molecule has 0 bridgehead atoms. The third kappa shape index (κ3) is 6.61. The van der Waals surface area contributed by atoms with Crippen LogP contribution in [-0.4, -0.2) is 13.1 Å². The Bertz CT molecular complexity index is 430. The number of carbonyl (C=O) groups excluding carboxylic acids is 1. The van der Waals surface area contributed by atoms with Crippen molar-refractivity contribution in [3.05, 3.63) is 53.6 Å². The third-order valence-electron chi connectivity index (χ3n) is 2.86. The predicted molar refractivity (Wildman–Crippen MR) is 79.7 cm³/mol. The van der Waals surface area contributed by atoms with Crippen LogP contribution in [0.5, 0.6) is 0 Å². The first-order chi connectivity index (χ1) is 9.26. The fraction of sp³-hybridized carbons (Fsp3) is 0.353. The van der Waals surface area contributed by atoms with Gasteiger partial charge in [0.25, 0.3) is 0 Å². The predicted octanol–water partition coefficient (Wildman–Crippen LogP) is 4.38. The molecule has 0 N–H and O–H groups in total. The van der Waals surface area contributed by atoms with Crippen LogP contribution in [0.3, 0.4) is 0 Å². The molecule has 1 aromatic carbocycles. The molecule has 1 rings (SSSR count). The van der Waals surface area contributed by atoms with E-state index < -0.39 is 0 Å². The molecule has 0 amide bonds. The third-order valence-corrected chi connectivity index (χ3v) is 2.86. The maximum Gasteiger partial charge on any atom is 0.330 e.